The Morgan fingerprint density at radius 3 is 3.00 bits per heavy atom. The number of ether oxygens (including phenoxy) is 2. The number of rotatable bonds is 3. The van der Waals surface area contributed by atoms with Gasteiger partial charge < -0.3 is 15.2 Å². The lowest BCUT2D eigenvalue weighted by atomic mass is 9.98. The van der Waals surface area contributed by atoms with Crippen LogP contribution in [0.1, 0.15) is 19.3 Å². The molecule has 2 rings (SSSR count). The fraction of sp³-hybridized carbons (Fsp3) is 0.333. The lowest BCUT2D eigenvalue weighted by Gasteiger charge is -2.18. The van der Waals surface area contributed by atoms with Crippen LogP contribution in [0.4, 0.5) is 0 Å². The summed E-state index contributed by atoms with van der Waals surface area (Å²) in [5, 5.41) is 0. The highest BCUT2D eigenvalue weighted by atomic mass is 16.5. The minimum absolute atomic E-state index is 0.118. The Labute approximate surface area is 89.6 Å². The second kappa shape index (κ2) is 4.84. The Bertz CT molecular complexity index is 340. The summed E-state index contributed by atoms with van der Waals surface area (Å²) in [4.78, 5) is 0. The monoisotopic (exact) mass is 205 g/mol. The lowest BCUT2D eigenvalue weighted by molar-refractivity contribution is 0.236. The fourth-order valence-electron chi connectivity index (χ4n) is 1.65. The Morgan fingerprint density at radius 1 is 1.40 bits per heavy atom. The molecule has 2 N–H and O–H groups in total. The summed E-state index contributed by atoms with van der Waals surface area (Å²) in [6, 6.07) is -0.118. The van der Waals surface area contributed by atoms with Crippen LogP contribution >= 0.6 is 0 Å². The van der Waals surface area contributed by atoms with Crippen molar-refractivity contribution in [2.75, 3.05) is 0 Å². The van der Waals surface area contributed by atoms with Crippen LogP contribution in [0.5, 0.6) is 0 Å². The SMILES string of the molecule is NC(CC1=CC=CCC1)C1=COC=CO1. The fourth-order valence-corrected chi connectivity index (χ4v) is 1.65. The predicted octanol–water partition coefficient (Wildman–Crippen LogP) is 2.34. The van der Waals surface area contributed by atoms with Gasteiger partial charge in [-0.3, -0.25) is 0 Å². The van der Waals surface area contributed by atoms with Crippen LogP contribution in [0.3, 0.4) is 0 Å². The first-order valence-electron chi connectivity index (χ1n) is 5.13. The van der Waals surface area contributed by atoms with Gasteiger partial charge in [-0.2, -0.15) is 0 Å². The van der Waals surface area contributed by atoms with Crippen LogP contribution < -0.4 is 5.73 Å². The van der Waals surface area contributed by atoms with Gasteiger partial charge in [-0.05, 0) is 19.3 Å². The Morgan fingerprint density at radius 2 is 2.33 bits per heavy atom. The Balaban J connectivity index is 1.91. The molecule has 80 valence electrons. The molecule has 0 saturated heterocycles. The van der Waals surface area contributed by atoms with Crippen molar-refractivity contribution in [1.29, 1.82) is 0 Å². The molecule has 0 saturated carbocycles. The molecule has 1 aliphatic carbocycles. The molecule has 0 aromatic carbocycles. The van der Waals surface area contributed by atoms with Gasteiger partial charge in [0.05, 0.1) is 6.04 Å². The number of hydrogen-bond acceptors (Lipinski definition) is 3. The summed E-state index contributed by atoms with van der Waals surface area (Å²) in [5.41, 5.74) is 7.37. The van der Waals surface area contributed by atoms with Gasteiger partial charge in [-0.1, -0.05) is 23.8 Å². The second-order valence-corrected chi connectivity index (χ2v) is 3.65. The molecular formula is C12H15NO2. The zero-order chi connectivity index (χ0) is 10.5. The molecule has 3 nitrogen and oxygen atoms in total. The highest BCUT2D eigenvalue weighted by Gasteiger charge is 2.15. The van der Waals surface area contributed by atoms with Crippen molar-refractivity contribution < 1.29 is 9.47 Å². The zero-order valence-corrected chi connectivity index (χ0v) is 8.56. The Hall–Kier alpha value is -1.48. The zero-order valence-electron chi connectivity index (χ0n) is 8.56. The molecule has 3 heteroatoms. The van der Waals surface area contributed by atoms with E-state index < -0.39 is 0 Å². The molecular weight excluding hydrogens is 190 g/mol. The summed E-state index contributed by atoms with van der Waals surface area (Å²) in [5.74, 6) is 0.688. The molecule has 1 aliphatic heterocycles. The average Bonchev–Trinajstić information content (AvgIpc) is 2.31. The van der Waals surface area contributed by atoms with Gasteiger partial charge >= 0.3 is 0 Å². The largest absolute Gasteiger partial charge is 0.466 e. The summed E-state index contributed by atoms with van der Waals surface area (Å²) in [6.45, 7) is 0. The molecule has 0 radical (unpaired) electrons. The van der Waals surface area contributed by atoms with E-state index in [9.17, 15) is 0 Å². The second-order valence-electron chi connectivity index (χ2n) is 3.65. The molecule has 0 aromatic rings. The van der Waals surface area contributed by atoms with Crippen LogP contribution in [0, 0.1) is 0 Å². The van der Waals surface area contributed by atoms with Gasteiger partial charge in [0.1, 0.15) is 18.8 Å². The minimum Gasteiger partial charge on any atom is -0.466 e. The van der Waals surface area contributed by atoms with Crippen LogP contribution in [0.25, 0.3) is 0 Å². The standard InChI is InChI=1S/C12H15NO2/c13-11(12-9-14-6-7-15-12)8-10-4-2-1-3-5-10/h1-2,4,6-7,9,11H,3,5,8,13H2. The number of hydrogen-bond donors (Lipinski definition) is 1. The average molecular weight is 205 g/mol. The molecule has 0 spiro atoms. The summed E-state index contributed by atoms with van der Waals surface area (Å²) in [7, 11) is 0. The third kappa shape index (κ3) is 2.73. The van der Waals surface area contributed by atoms with E-state index in [4.69, 9.17) is 15.2 Å². The Kier molecular flexibility index (Phi) is 3.25. The van der Waals surface area contributed by atoms with Crippen molar-refractivity contribution in [3.63, 3.8) is 0 Å². The van der Waals surface area contributed by atoms with Crippen LogP contribution in [0.15, 0.2) is 48.3 Å². The van der Waals surface area contributed by atoms with Gasteiger partial charge in [-0.25, -0.2) is 0 Å². The number of nitrogens with two attached hydrogens (primary N) is 1. The molecule has 0 aromatic heterocycles. The predicted molar refractivity (Wildman–Crippen MR) is 58.4 cm³/mol. The molecule has 15 heavy (non-hydrogen) atoms. The minimum atomic E-state index is -0.118. The smallest absolute Gasteiger partial charge is 0.155 e. The molecule has 0 amide bonds. The van der Waals surface area contributed by atoms with Gasteiger partial charge in [0.2, 0.25) is 0 Å². The first-order chi connectivity index (χ1) is 7.36. The van der Waals surface area contributed by atoms with E-state index in [1.165, 1.54) is 18.1 Å². The summed E-state index contributed by atoms with van der Waals surface area (Å²) < 4.78 is 10.3. The van der Waals surface area contributed by atoms with Crippen molar-refractivity contribution in [2.45, 2.75) is 25.3 Å². The van der Waals surface area contributed by atoms with Crippen LogP contribution in [-0.2, 0) is 9.47 Å². The molecule has 2 aliphatic rings. The van der Waals surface area contributed by atoms with E-state index in [0.29, 0.717) is 5.76 Å². The summed E-state index contributed by atoms with van der Waals surface area (Å²) in [6.07, 6.45) is 13.9. The molecule has 1 atom stereocenters. The molecule has 0 fully saturated rings. The molecule has 0 bridgehead atoms. The maximum atomic E-state index is 6.01. The van der Waals surface area contributed by atoms with E-state index in [-0.39, 0.29) is 6.04 Å². The van der Waals surface area contributed by atoms with Gasteiger partial charge in [0.25, 0.3) is 0 Å². The maximum absolute atomic E-state index is 6.01. The molecule has 1 heterocycles. The number of allylic oxidation sites excluding steroid dienone is 3. The maximum Gasteiger partial charge on any atom is 0.155 e. The van der Waals surface area contributed by atoms with Crippen LogP contribution in [-0.4, -0.2) is 6.04 Å². The van der Waals surface area contributed by atoms with Crippen molar-refractivity contribution in [3.05, 3.63) is 48.3 Å². The third-order valence-corrected chi connectivity index (χ3v) is 2.47. The quantitative estimate of drug-likeness (QED) is 0.769. The van der Waals surface area contributed by atoms with Gasteiger partial charge in [0, 0.05) is 0 Å². The lowest BCUT2D eigenvalue weighted by Crippen LogP contribution is -2.25. The van der Waals surface area contributed by atoms with E-state index in [0.717, 1.165) is 19.3 Å². The highest BCUT2D eigenvalue weighted by Crippen LogP contribution is 2.20. The van der Waals surface area contributed by atoms with Crippen LogP contribution in [0.2, 0.25) is 0 Å². The van der Waals surface area contributed by atoms with E-state index >= 15 is 0 Å². The van der Waals surface area contributed by atoms with Crippen molar-refractivity contribution >= 4 is 0 Å². The van der Waals surface area contributed by atoms with Crippen molar-refractivity contribution in [3.8, 4) is 0 Å². The summed E-state index contributed by atoms with van der Waals surface area (Å²) >= 11 is 0. The van der Waals surface area contributed by atoms with E-state index in [1.807, 2.05) is 0 Å². The normalized spacial score (nSPS) is 21.1. The first kappa shape index (κ1) is 10.1. The third-order valence-electron chi connectivity index (χ3n) is 2.47. The van der Waals surface area contributed by atoms with E-state index in [2.05, 4.69) is 18.2 Å². The van der Waals surface area contributed by atoms with Crippen molar-refractivity contribution in [1.82, 2.24) is 0 Å². The first-order valence-corrected chi connectivity index (χ1v) is 5.13. The highest BCUT2D eigenvalue weighted by molar-refractivity contribution is 5.20. The van der Waals surface area contributed by atoms with E-state index in [1.54, 1.807) is 6.26 Å². The molecule has 1 unspecified atom stereocenters. The van der Waals surface area contributed by atoms with Crippen molar-refractivity contribution in [2.24, 2.45) is 5.73 Å². The van der Waals surface area contributed by atoms with Gasteiger partial charge in [0.15, 0.2) is 5.76 Å². The van der Waals surface area contributed by atoms with Gasteiger partial charge in [-0.15, -0.1) is 0 Å². The topological polar surface area (TPSA) is 44.5 Å².